The summed E-state index contributed by atoms with van der Waals surface area (Å²) < 4.78 is 11.3. The second-order valence-corrected chi connectivity index (χ2v) is 6.52. The van der Waals surface area contributed by atoms with E-state index in [4.69, 9.17) is 9.47 Å². The highest BCUT2D eigenvalue weighted by Gasteiger charge is 2.41. The van der Waals surface area contributed by atoms with E-state index in [1.54, 1.807) is 7.11 Å². The Hall–Kier alpha value is -1.59. The fourth-order valence-electron chi connectivity index (χ4n) is 3.63. The van der Waals surface area contributed by atoms with Gasteiger partial charge in [0.2, 0.25) is 5.91 Å². The SMILES string of the molecule is COc1ccccc1CCC(=O)N[C@@H]1COC2(CCNCC2)C1. The number of aryl methyl sites for hydroxylation is 1. The summed E-state index contributed by atoms with van der Waals surface area (Å²) in [6.45, 7) is 2.66. The molecule has 0 bridgehead atoms. The summed E-state index contributed by atoms with van der Waals surface area (Å²) in [7, 11) is 1.66. The summed E-state index contributed by atoms with van der Waals surface area (Å²) in [4.78, 5) is 12.2. The number of nitrogens with one attached hydrogen (secondary N) is 2. The van der Waals surface area contributed by atoms with Crippen LogP contribution in [0.3, 0.4) is 0 Å². The highest BCUT2D eigenvalue weighted by Crippen LogP contribution is 2.33. The van der Waals surface area contributed by atoms with E-state index in [-0.39, 0.29) is 17.6 Å². The number of rotatable bonds is 5. The van der Waals surface area contributed by atoms with Gasteiger partial charge < -0.3 is 20.1 Å². The van der Waals surface area contributed by atoms with Crippen LogP contribution in [0, 0.1) is 0 Å². The maximum atomic E-state index is 12.2. The topological polar surface area (TPSA) is 59.6 Å². The van der Waals surface area contributed by atoms with E-state index in [0.29, 0.717) is 19.4 Å². The zero-order chi connectivity index (χ0) is 16.1. The predicted molar refractivity (Wildman–Crippen MR) is 88.6 cm³/mol. The van der Waals surface area contributed by atoms with Crippen LogP contribution in [0.15, 0.2) is 24.3 Å². The minimum absolute atomic E-state index is 0.00809. The molecule has 1 aromatic rings. The van der Waals surface area contributed by atoms with Crippen molar-refractivity contribution < 1.29 is 14.3 Å². The third kappa shape index (κ3) is 4.03. The highest BCUT2D eigenvalue weighted by molar-refractivity contribution is 5.76. The largest absolute Gasteiger partial charge is 0.496 e. The molecule has 2 aliphatic heterocycles. The molecule has 2 saturated heterocycles. The fourth-order valence-corrected chi connectivity index (χ4v) is 3.63. The van der Waals surface area contributed by atoms with E-state index in [1.807, 2.05) is 24.3 Å². The minimum Gasteiger partial charge on any atom is -0.496 e. The van der Waals surface area contributed by atoms with Crippen molar-refractivity contribution in [3.05, 3.63) is 29.8 Å². The first-order chi connectivity index (χ1) is 11.2. The van der Waals surface area contributed by atoms with Crippen molar-refractivity contribution in [3.8, 4) is 5.75 Å². The average Bonchev–Trinajstić information content (AvgIpc) is 2.95. The van der Waals surface area contributed by atoms with Crippen molar-refractivity contribution >= 4 is 5.91 Å². The van der Waals surface area contributed by atoms with E-state index in [0.717, 1.165) is 43.7 Å². The van der Waals surface area contributed by atoms with E-state index < -0.39 is 0 Å². The van der Waals surface area contributed by atoms with Gasteiger partial charge in [-0.25, -0.2) is 0 Å². The summed E-state index contributed by atoms with van der Waals surface area (Å²) >= 11 is 0. The molecule has 1 spiro atoms. The Morgan fingerprint density at radius 2 is 2.17 bits per heavy atom. The monoisotopic (exact) mass is 318 g/mol. The second kappa shape index (κ2) is 7.32. The number of amides is 1. The van der Waals surface area contributed by atoms with Crippen molar-refractivity contribution in [2.45, 2.75) is 43.7 Å². The molecular weight excluding hydrogens is 292 g/mol. The molecule has 3 rings (SSSR count). The number of benzene rings is 1. The lowest BCUT2D eigenvalue weighted by Crippen LogP contribution is -2.43. The number of methoxy groups -OCH3 is 1. The molecule has 2 fully saturated rings. The van der Waals surface area contributed by atoms with Gasteiger partial charge in [-0.05, 0) is 50.4 Å². The summed E-state index contributed by atoms with van der Waals surface area (Å²) in [5.41, 5.74) is 1.06. The van der Waals surface area contributed by atoms with Gasteiger partial charge in [-0.3, -0.25) is 4.79 Å². The number of piperidine rings is 1. The molecule has 1 atom stereocenters. The number of hydrogen-bond donors (Lipinski definition) is 2. The highest BCUT2D eigenvalue weighted by atomic mass is 16.5. The van der Waals surface area contributed by atoms with Crippen LogP contribution >= 0.6 is 0 Å². The molecule has 2 aliphatic rings. The Labute approximate surface area is 137 Å². The van der Waals surface area contributed by atoms with Crippen LogP contribution in [0.4, 0.5) is 0 Å². The van der Waals surface area contributed by atoms with Crippen LogP contribution < -0.4 is 15.4 Å². The van der Waals surface area contributed by atoms with Gasteiger partial charge in [0.05, 0.1) is 25.4 Å². The maximum absolute atomic E-state index is 12.2. The number of hydrogen-bond acceptors (Lipinski definition) is 4. The van der Waals surface area contributed by atoms with E-state index >= 15 is 0 Å². The lowest BCUT2D eigenvalue weighted by molar-refractivity contribution is -0.121. The molecule has 0 aliphatic carbocycles. The van der Waals surface area contributed by atoms with E-state index in [2.05, 4.69) is 10.6 Å². The molecule has 0 radical (unpaired) electrons. The standard InChI is InChI=1S/C18H26N2O3/c1-22-16-5-3-2-4-14(16)6-7-17(21)20-15-12-18(23-13-15)8-10-19-11-9-18/h2-5,15,19H,6-13H2,1H3,(H,20,21)/t15-/m0/s1. The Morgan fingerprint density at radius 1 is 1.39 bits per heavy atom. The van der Waals surface area contributed by atoms with Gasteiger partial charge in [0.15, 0.2) is 0 Å². The molecule has 0 saturated carbocycles. The quantitative estimate of drug-likeness (QED) is 0.867. The van der Waals surface area contributed by atoms with Crippen LogP contribution in [0.2, 0.25) is 0 Å². The first kappa shape index (κ1) is 16.3. The smallest absolute Gasteiger partial charge is 0.220 e. The Kier molecular flexibility index (Phi) is 5.18. The molecule has 23 heavy (non-hydrogen) atoms. The summed E-state index contributed by atoms with van der Waals surface area (Å²) in [6, 6.07) is 8.00. The Morgan fingerprint density at radius 3 is 2.96 bits per heavy atom. The molecule has 1 amide bonds. The molecule has 0 unspecified atom stereocenters. The first-order valence-corrected chi connectivity index (χ1v) is 8.47. The Balaban J connectivity index is 1.46. The van der Waals surface area contributed by atoms with Crippen LogP contribution in [-0.4, -0.2) is 44.4 Å². The lowest BCUT2D eigenvalue weighted by Gasteiger charge is -2.32. The number of para-hydroxylation sites is 1. The van der Waals surface area contributed by atoms with Gasteiger partial charge in [0.25, 0.3) is 0 Å². The van der Waals surface area contributed by atoms with E-state index in [1.165, 1.54) is 0 Å². The summed E-state index contributed by atoms with van der Waals surface area (Å²) in [5.74, 6) is 0.939. The molecule has 0 aromatic heterocycles. The molecule has 5 nitrogen and oxygen atoms in total. The first-order valence-electron chi connectivity index (χ1n) is 8.47. The summed E-state index contributed by atoms with van der Waals surface area (Å²) in [6.07, 6.45) is 4.19. The van der Waals surface area contributed by atoms with Crippen molar-refractivity contribution in [2.24, 2.45) is 0 Å². The third-order valence-electron chi connectivity index (χ3n) is 4.90. The third-order valence-corrected chi connectivity index (χ3v) is 4.90. The number of ether oxygens (including phenoxy) is 2. The van der Waals surface area contributed by atoms with Gasteiger partial charge in [-0.1, -0.05) is 18.2 Å². The maximum Gasteiger partial charge on any atom is 0.220 e. The van der Waals surface area contributed by atoms with E-state index in [9.17, 15) is 4.79 Å². The normalized spacial score (nSPS) is 22.9. The van der Waals surface area contributed by atoms with Crippen LogP contribution in [0.1, 0.15) is 31.2 Å². The zero-order valence-corrected chi connectivity index (χ0v) is 13.8. The van der Waals surface area contributed by atoms with Crippen LogP contribution in [0.5, 0.6) is 5.75 Å². The second-order valence-electron chi connectivity index (χ2n) is 6.52. The molecule has 2 N–H and O–H groups in total. The van der Waals surface area contributed by atoms with Gasteiger partial charge in [0.1, 0.15) is 5.75 Å². The summed E-state index contributed by atoms with van der Waals surface area (Å²) in [5, 5.41) is 6.49. The molecule has 2 heterocycles. The number of carbonyl (C=O) groups is 1. The minimum atomic E-state index is -0.00809. The van der Waals surface area contributed by atoms with Gasteiger partial charge in [0, 0.05) is 6.42 Å². The van der Waals surface area contributed by atoms with Crippen LogP contribution in [-0.2, 0) is 16.0 Å². The molecular formula is C18H26N2O3. The fraction of sp³-hybridized carbons (Fsp3) is 0.611. The van der Waals surface area contributed by atoms with Crippen LogP contribution in [0.25, 0.3) is 0 Å². The number of carbonyl (C=O) groups excluding carboxylic acids is 1. The van der Waals surface area contributed by atoms with Crippen molar-refractivity contribution in [1.82, 2.24) is 10.6 Å². The van der Waals surface area contributed by atoms with Crippen molar-refractivity contribution in [2.75, 3.05) is 26.8 Å². The zero-order valence-electron chi connectivity index (χ0n) is 13.8. The van der Waals surface area contributed by atoms with Gasteiger partial charge in [-0.15, -0.1) is 0 Å². The van der Waals surface area contributed by atoms with Gasteiger partial charge in [-0.2, -0.15) is 0 Å². The Bertz CT molecular complexity index is 541. The van der Waals surface area contributed by atoms with Gasteiger partial charge >= 0.3 is 0 Å². The molecule has 5 heteroatoms. The predicted octanol–water partition coefficient (Wildman–Crippen LogP) is 1.66. The van der Waals surface area contributed by atoms with Crippen molar-refractivity contribution in [1.29, 1.82) is 0 Å². The lowest BCUT2D eigenvalue weighted by atomic mass is 9.88. The molecule has 1 aromatic carbocycles. The van der Waals surface area contributed by atoms with Crippen molar-refractivity contribution in [3.63, 3.8) is 0 Å². The molecule has 126 valence electrons. The average molecular weight is 318 g/mol.